The molecular formula is C14H19NO4S. The lowest BCUT2D eigenvalue weighted by Gasteiger charge is -2.07. The molecule has 0 atom stereocenters. The lowest BCUT2D eigenvalue weighted by molar-refractivity contribution is 0.0229. The molecule has 5 nitrogen and oxygen atoms in total. The number of methoxy groups -OCH3 is 1. The van der Waals surface area contributed by atoms with Gasteiger partial charge in [-0.1, -0.05) is 0 Å². The monoisotopic (exact) mass is 297 g/mol. The molecule has 0 aliphatic heterocycles. The van der Waals surface area contributed by atoms with Gasteiger partial charge in [-0.25, -0.2) is 0 Å². The minimum atomic E-state index is 0.0451. The van der Waals surface area contributed by atoms with Gasteiger partial charge in [0.15, 0.2) is 0 Å². The van der Waals surface area contributed by atoms with Crippen molar-refractivity contribution < 1.29 is 14.2 Å². The van der Waals surface area contributed by atoms with Gasteiger partial charge in [0.1, 0.15) is 0 Å². The number of thiophene rings is 1. The number of nitrogens with zero attached hydrogens (tertiary/aromatic N) is 1. The smallest absolute Gasteiger partial charge is 0.259 e. The number of ether oxygens (including phenoxy) is 3. The maximum absolute atomic E-state index is 12.1. The van der Waals surface area contributed by atoms with Crippen LogP contribution in [0.1, 0.15) is 0 Å². The average molecular weight is 297 g/mol. The van der Waals surface area contributed by atoms with E-state index in [0.717, 1.165) is 10.1 Å². The van der Waals surface area contributed by atoms with E-state index in [2.05, 4.69) is 0 Å². The van der Waals surface area contributed by atoms with Crippen molar-refractivity contribution in [3.8, 4) is 0 Å². The number of hydrogen-bond acceptors (Lipinski definition) is 5. The Morgan fingerprint density at radius 3 is 2.65 bits per heavy atom. The number of fused-ring (bicyclic) bond motifs is 1. The summed E-state index contributed by atoms with van der Waals surface area (Å²) in [6.07, 6.45) is 1.82. The Hall–Kier alpha value is -1.21. The second-order valence-electron chi connectivity index (χ2n) is 4.23. The SMILES string of the molecule is COCCOCCOCCn1ccc2sccc2c1=O. The summed E-state index contributed by atoms with van der Waals surface area (Å²) < 4.78 is 18.3. The first-order chi connectivity index (χ1) is 9.83. The predicted molar refractivity (Wildman–Crippen MR) is 79.6 cm³/mol. The molecule has 6 heteroatoms. The van der Waals surface area contributed by atoms with E-state index < -0.39 is 0 Å². The van der Waals surface area contributed by atoms with Gasteiger partial charge in [-0.3, -0.25) is 4.79 Å². The number of rotatable bonds is 9. The van der Waals surface area contributed by atoms with Crippen LogP contribution >= 0.6 is 11.3 Å². The quantitative estimate of drug-likeness (QED) is 0.662. The fourth-order valence-corrected chi connectivity index (χ4v) is 2.58. The Morgan fingerprint density at radius 1 is 1.10 bits per heavy atom. The van der Waals surface area contributed by atoms with Gasteiger partial charge in [-0.15, -0.1) is 11.3 Å². The molecule has 110 valence electrons. The van der Waals surface area contributed by atoms with E-state index in [1.54, 1.807) is 23.0 Å². The molecule has 20 heavy (non-hydrogen) atoms. The van der Waals surface area contributed by atoms with Gasteiger partial charge in [0.05, 0.1) is 38.4 Å². The van der Waals surface area contributed by atoms with Crippen molar-refractivity contribution in [3.63, 3.8) is 0 Å². The molecule has 2 aromatic heterocycles. The van der Waals surface area contributed by atoms with Crippen molar-refractivity contribution in [2.45, 2.75) is 6.54 Å². The molecule has 0 saturated carbocycles. The Balaban J connectivity index is 1.71. The van der Waals surface area contributed by atoms with Crippen LogP contribution in [0.2, 0.25) is 0 Å². The molecule has 0 radical (unpaired) electrons. The minimum Gasteiger partial charge on any atom is -0.382 e. The van der Waals surface area contributed by atoms with E-state index in [0.29, 0.717) is 39.6 Å². The van der Waals surface area contributed by atoms with Crippen LogP contribution in [-0.2, 0) is 20.8 Å². The zero-order valence-electron chi connectivity index (χ0n) is 11.5. The van der Waals surface area contributed by atoms with Crippen molar-refractivity contribution in [1.82, 2.24) is 4.57 Å². The number of hydrogen-bond donors (Lipinski definition) is 0. The highest BCUT2D eigenvalue weighted by atomic mass is 32.1. The van der Waals surface area contributed by atoms with Crippen molar-refractivity contribution in [3.05, 3.63) is 34.1 Å². The average Bonchev–Trinajstić information content (AvgIpc) is 2.93. The summed E-state index contributed by atoms with van der Waals surface area (Å²) in [5.74, 6) is 0. The first kappa shape index (κ1) is 15.2. The summed E-state index contributed by atoms with van der Waals surface area (Å²) in [4.78, 5) is 12.1. The van der Waals surface area contributed by atoms with E-state index in [1.807, 2.05) is 23.7 Å². The molecule has 0 aromatic carbocycles. The van der Waals surface area contributed by atoms with Crippen molar-refractivity contribution in [2.75, 3.05) is 40.1 Å². The third kappa shape index (κ3) is 4.14. The van der Waals surface area contributed by atoms with Crippen molar-refractivity contribution >= 4 is 21.4 Å². The van der Waals surface area contributed by atoms with Gasteiger partial charge in [0, 0.05) is 24.6 Å². The Bertz CT molecular complexity index is 578. The lowest BCUT2D eigenvalue weighted by atomic mass is 10.3. The van der Waals surface area contributed by atoms with Gasteiger partial charge in [0.25, 0.3) is 5.56 Å². The van der Waals surface area contributed by atoms with Gasteiger partial charge >= 0.3 is 0 Å². The van der Waals surface area contributed by atoms with Crippen LogP contribution in [0.5, 0.6) is 0 Å². The van der Waals surface area contributed by atoms with E-state index >= 15 is 0 Å². The van der Waals surface area contributed by atoms with Crippen LogP contribution in [0, 0.1) is 0 Å². The summed E-state index contributed by atoms with van der Waals surface area (Å²) in [5, 5.41) is 2.71. The zero-order chi connectivity index (χ0) is 14.2. The molecular weight excluding hydrogens is 278 g/mol. The third-order valence-corrected chi connectivity index (χ3v) is 3.75. The summed E-state index contributed by atoms with van der Waals surface area (Å²) in [6, 6.07) is 3.83. The second kappa shape index (κ2) is 8.16. The Kier molecular flexibility index (Phi) is 6.20. The zero-order valence-corrected chi connectivity index (χ0v) is 12.4. The first-order valence-electron chi connectivity index (χ1n) is 6.54. The molecule has 0 amide bonds. The summed E-state index contributed by atoms with van der Waals surface area (Å²) in [5.41, 5.74) is 0.0451. The topological polar surface area (TPSA) is 49.7 Å². The highest BCUT2D eigenvalue weighted by molar-refractivity contribution is 7.17. The van der Waals surface area contributed by atoms with E-state index in [1.165, 1.54) is 0 Å². The maximum Gasteiger partial charge on any atom is 0.259 e. The predicted octanol–water partition coefficient (Wildman–Crippen LogP) is 1.74. The van der Waals surface area contributed by atoms with Gasteiger partial charge < -0.3 is 18.8 Å². The number of pyridine rings is 1. The largest absolute Gasteiger partial charge is 0.382 e. The second-order valence-corrected chi connectivity index (χ2v) is 5.18. The van der Waals surface area contributed by atoms with Crippen LogP contribution in [-0.4, -0.2) is 44.7 Å². The van der Waals surface area contributed by atoms with Crippen LogP contribution in [0.3, 0.4) is 0 Å². The number of aromatic nitrogens is 1. The first-order valence-corrected chi connectivity index (χ1v) is 7.42. The van der Waals surface area contributed by atoms with Crippen molar-refractivity contribution in [1.29, 1.82) is 0 Å². The molecule has 0 unspecified atom stereocenters. The van der Waals surface area contributed by atoms with Crippen LogP contribution in [0.25, 0.3) is 10.1 Å². The normalized spacial score (nSPS) is 11.2. The highest BCUT2D eigenvalue weighted by Crippen LogP contribution is 2.15. The molecule has 0 saturated heterocycles. The summed E-state index contributed by atoms with van der Waals surface area (Å²) >= 11 is 1.58. The van der Waals surface area contributed by atoms with E-state index in [-0.39, 0.29) is 5.56 Å². The van der Waals surface area contributed by atoms with E-state index in [4.69, 9.17) is 14.2 Å². The lowest BCUT2D eigenvalue weighted by Crippen LogP contribution is -2.21. The van der Waals surface area contributed by atoms with Gasteiger partial charge in [-0.2, -0.15) is 0 Å². The van der Waals surface area contributed by atoms with Crippen LogP contribution < -0.4 is 5.56 Å². The fraction of sp³-hybridized carbons (Fsp3) is 0.500. The van der Waals surface area contributed by atoms with Gasteiger partial charge in [-0.05, 0) is 17.5 Å². The Morgan fingerprint density at radius 2 is 1.85 bits per heavy atom. The third-order valence-electron chi connectivity index (χ3n) is 2.87. The van der Waals surface area contributed by atoms with E-state index in [9.17, 15) is 4.79 Å². The molecule has 0 spiro atoms. The molecule has 0 aliphatic rings. The maximum atomic E-state index is 12.1. The van der Waals surface area contributed by atoms with Crippen molar-refractivity contribution in [2.24, 2.45) is 0 Å². The van der Waals surface area contributed by atoms with Crippen LogP contribution in [0.4, 0.5) is 0 Å². The molecule has 2 aromatic rings. The Labute approximate surface area is 121 Å². The molecule has 0 aliphatic carbocycles. The molecule has 0 bridgehead atoms. The molecule has 0 N–H and O–H groups in total. The highest BCUT2D eigenvalue weighted by Gasteiger charge is 2.03. The summed E-state index contributed by atoms with van der Waals surface area (Å²) in [6.45, 7) is 3.30. The molecule has 0 fully saturated rings. The standard InChI is InChI=1S/C14H19NO4S/c1-17-7-8-19-10-9-18-6-5-15-4-2-13-12(14(15)16)3-11-20-13/h2-4,11H,5-10H2,1H3. The fourth-order valence-electron chi connectivity index (χ4n) is 1.81. The molecule has 2 rings (SSSR count). The summed E-state index contributed by atoms with van der Waals surface area (Å²) in [7, 11) is 1.64. The minimum absolute atomic E-state index is 0.0451. The van der Waals surface area contributed by atoms with Gasteiger partial charge in [0.2, 0.25) is 0 Å². The molecule has 2 heterocycles. The van der Waals surface area contributed by atoms with Crippen LogP contribution in [0.15, 0.2) is 28.5 Å².